The highest BCUT2D eigenvalue weighted by Gasteiger charge is 2.61. The highest BCUT2D eigenvalue weighted by Crippen LogP contribution is 2.61. The maximum absolute atomic E-state index is 10.5. The van der Waals surface area contributed by atoms with Gasteiger partial charge in [-0.25, -0.2) is 0 Å². The van der Waals surface area contributed by atoms with Gasteiger partial charge in [-0.15, -0.1) is 0 Å². The quantitative estimate of drug-likeness (QED) is 0.719. The number of aliphatic hydroxyl groups is 1. The summed E-state index contributed by atoms with van der Waals surface area (Å²) in [7, 11) is 0. The Morgan fingerprint density at radius 1 is 1.47 bits per heavy atom. The average molecular weight is 210 g/mol. The zero-order valence-electron chi connectivity index (χ0n) is 9.95. The van der Waals surface area contributed by atoms with Crippen molar-refractivity contribution in [1.29, 1.82) is 0 Å². The van der Waals surface area contributed by atoms with Crippen molar-refractivity contribution in [2.75, 3.05) is 13.1 Å². The lowest BCUT2D eigenvalue weighted by molar-refractivity contribution is -0.134. The lowest BCUT2D eigenvalue weighted by Crippen LogP contribution is -2.64. The fraction of sp³-hybridized carbons (Fsp3) is 0.917. The summed E-state index contributed by atoms with van der Waals surface area (Å²) in [5.41, 5.74) is 6.01. The number of aliphatic imine (C=N–C) groups is 1. The van der Waals surface area contributed by atoms with Gasteiger partial charge in [0.05, 0.1) is 6.54 Å². The summed E-state index contributed by atoms with van der Waals surface area (Å²) in [5, 5.41) is 10.5. The van der Waals surface area contributed by atoms with Crippen molar-refractivity contribution < 1.29 is 5.11 Å². The molecule has 3 aliphatic carbocycles. The molecule has 3 saturated carbocycles. The molecule has 0 aromatic heterocycles. The fourth-order valence-corrected chi connectivity index (χ4v) is 3.38. The molecule has 0 unspecified atom stereocenters. The van der Waals surface area contributed by atoms with Gasteiger partial charge in [-0.05, 0) is 37.0 Å². The first-order chi connectivity index (χ1) is 6.90. The maximum atomic E-state index is 10.5. The Labute approximate surface area is 91.8 Å². The molecule has 3 aliphatic rings. The molecule has 0 spiro atoms. The van der Waals surface area contributed by atoms with Crippen LogP contribution in [0.1, 0.15) is 33.6 Å². The van der Waals surface area contributed by atoms with Crippen LogP contribution in [-0.2, 0) is 0 Å². The summed E-state index contributed by atoms with van der Waals surface area (Å²) < 4.78 is 0. The molecule has 3 fully saturated rings. The Balaban J connectivity index is 2.21. The van der Waals surface area contributed by atoms with E-state index in [2.05, 4.69) is 18.8 Å². The summed E-state index contributed by atoms with van der Waals surface area (Å²) >= 11 is 0. The summed E-state index contributed by atoms with van der Waals surface area (Å²) in [5.74, 6) is 1.08. The molecule has 0 aromatic rings. The SMILES string of the molecule is CC1(C)[C@H]2CC(=NCCN)[C@](C)(O)[C@@H]1C2. The Bertz CT molecular complexity index is 294. The van der Waals surface area contributed by atoms with E-state index in [1.54, 1.807) is 0 Å². The van der Waals surface area contributed by atoms with Crippen molar-refractivity contribution in [2.45, 2.75) is 39.2 Å². The standard InChI is InChI=1S/C12H22N2O/c1-11(2)8-6-9(11)12(3,15)10(7-8)14-5-4-13/h8-9,15H,4-7,13H2,1-3H3/t8-,9-,12-/m1/s1. The molecule has 15 heavy (non-hydrogen) atoms. The molecule has 0 aromatic carbocycles. The third-order valence-electron chi connectivity index (χ3n) is 4.60. The van der Waals surface area contributed by atoms with Gasteiger partial charge in [0.25, 0.3) is 0 Å². The van der Waals surface area contributed by atoms with E-state index in [-0.39, 0.29) is 5.41 Å². The zero-order chi connectivity index (χ0) is 11.3. The van der Waals surface area contributed by atoms with Crippen LogP contribution in [0.5, 0.6) is 0 Å². The Hall–Kier alpha value is -0.410. The fourth-order valence-electron chi connectivity index (χ4n) is 3.38. The van der Waals surface area contributed by atoms with Crippen molar-refractivity contribution in [3.8, 4) is 0 Å². The second kappa shape index (κ2) is 3.29. The van der Waals surface area contributed by atoms with Gasteiger partial charge in [-0.1, -0.05) is 13.8 Å². The lowest BCUT2D eigenvalue weighted by Gasteiger charge is -2.62. The maximum Gasteiger partial charge on any atom is 0.103 e. The topological polar surface area (TPSA) is 58.6 Å². The third kappa shape index (κ3) is 1.44. The van der Waals surface area contributed by atoms with Crippen LogP contribution in [0.2, 0.25) is 0 Å². The summed E-state index contributed by atoms with van der Waals surface area (Å²) in [6, 6.07) is 0. The second-order valence-corrected chi connectivity index (χ2v) is 5.78. The highest BCUT2D eigenvalue weighted by molar-refractivity contribution is 5.94. The van der Waals surface area contributed by atoms with E-state index in [1.807, 2.05) is 6.92 Å². The van der Waals surface area contributed by atoms with Gasteiger partial charge < -0.3 is 10.8 Å². The molecule has 0 amide bonds. The monoisotopic (exact) mass is 210 g/mol. The first-order valence-corrected chi connectivity index (χ1v) is 5.87. The smallest absolute Gasteiger partial charge is 0.103 e. The van der Waals surface area contributed by atoms with Crippen LogP contribution in [0.25, 0.3) is 0 Å². The molecule has 3 nitrogen and oxygen atoms in total. The summed E-state index contributed by atoms with van der Waals surface area (Å²) in [6.45, 7) is 7.66. The number of nitrogens with zero attached hydrogens (tertiary/aromatic N) is 1. The predicted octanol–water partition coefficient (Wildman–Crippen LogP) is 1.20. The molecular formula is C12H22N2O. The van der Waals surface area contributed by atoms with Crippen molar-refractivity contribution in [2.24, 2.45) is 28.0 Å². The molecule has 2 bridgehead atoms. The van der Waals surface area contributed by atoms with E-state index < -0.39 is 5.60 Å². The molecule has 0 saturated heterocycles. The van der Waals surface area contributed by atoms with Gasteiger partial charge in [0.15, 0.2) is 0 Å². The molecule has 0 aliphatic heterocycles. The van der Waals surface area contributed by atoms with Crippen LogP contribution in [0.15, 0.2) is 4.99 Å². The molecule has 3 N–H and O–H groups in total. The minimum Gasteiger partial charge on any atom is -0.384 e. The number of hydrogen-bond donors (Lipinski definition) is 2. The molecule has 0 radical (unpaired) electrons. The molecule has 0 heterocycles. The Kier molecular flexibility index (Phi) is 2.43. The minimum absolute atomic E-state index is 0.283. The van der Waals surface area contributed by atoms with Crippen molar-refractivity contribution in [3.05, 3.63) is 0 Å². The second-order valence-electron chi connectivity index (χ2n) is 5.78. The van der Waals surface area contributed by atoms with E-state index in [4.69, 9.17) is 5.73 Å². The summed E-state index contributed by atoms with van der Waals surface area (Å²) in [6.07, 6.45) is 2.11. The first-order valence-electron chi connectivity index (χ1n) is 5.87. The Morgan fingerprint density at radius 2 is 2.13 bits per heavy atom. The van der Waals surface area contributed by atoms with Crippen LogP contribution in [0, 0.1) is 17.3 Å². The highest BCUT2D eigenvalue weighted by atomic mass is 16.3. The zero-order valence-corrected chi connectivity index (χ0v) is 9.95. The number of rotatable bonds is 2. The van der Waals surface area contributed by atoms with Gasteiger partial charge >= 0.3 is 0 Å². The minimum atomic E-state index is -0.701. The van der Waals surface area contributed by atoms with Crippen LogP contribution in [0.3, 0.4) is 0 Å². The third-order valence-corrected chi connectivity index (χ3v) is 4.60. The molecular weight excluding hydrogens is 188 g/mol. The molecule has 86 valence electrons. The number of hydrogen-bond acceptors (Lipinski definition) is 3. The molecule has 3 atom stereocenters. The lowest BCUT2D eigenvalue weighted by atomic mass is 9.44. The van der Waals surface area contributed by atoms with E-state index in [1.165, 1.54) is 0 Å². The van der Waals surface area contributed by atoms with Gasteiger partial charge in [0, 0.05) is 12.3 Å². The Morgan fingerprint density at radius 3 is 2.60 bits per heavy atom. The van der Waals surface area contributed by atoms with Gasteiger partial charge in [-0.3, -0.25) is 4.99 Å². The number of fused-ring (bicyclic) bond motifs is 2. The molecule has 3 rings (SSSR count). The van der Waals surface area contributed by atoms with Crippen molar-refractivity contribution in [3.63, 3.8) is 0 Å². The van der Waals surface area contributed by atoms with Crippen LogP contribution >= 0.6 is 0 Å². The van der Waals surface area contributed by atoms with Crippen LogP contribution in [0.4, 0.5) is 0 Å². The van der Waals surface area contributed by atoms with E-state index in [9.17, 15) is 5.11 Å². The predicted molar refractivity (Wildman–Crippen MR) is 62.0 cm³/mol. The van der Waals surface area contributed by atoms with Crippen LogP contribution < -0.4 is 5.73 Å². The largest absolute Gasteiger partial charge is 0.384 e. The number of nitrogens with two attached hydrogens (primary N) is 1. The first kappa shape index (κ1) is 11.1. The van der Waals surface area contributed by atoms with Crippen LogP contribution in [-0.4, -0.2) is 29.5 Å². The van der Waals surface area contributed by atoms with Gasteiger partial charge in [0.2, 0.25) is 0 Å². The normalized spacial score (nSPS) is 45.3. The van der Waals surface area contributed by atoms with E-state index in [0.717, 1.165) is 18.6 Å². The average Bonchev–Trinajstić information content (AvgIpc) is 2.14. The van der Waals surface area contributed by atoms with Crippen molar-refractivity contribution >= 4 is 5.71 Å². The van der Waals surface area contributed by atoms with E-state index >= 15 is 0 Å². The van der Waals surface area contributed by atoms with Gasteiger partial charge in [0.1, 0.15) is 5.60 Å². The summed E-state index contributed by atoms with van der Waals surface area (Å²) in [4.78, 5) is 4.44. The molecule has 3 heteroatoms. The van der Waals surface area contributed by atoms with Crippen molar-refractivity contribution in [1.82, 2.24) is 0 Å². The van der Waals surface area contributed by atoms with E-state index in [0.29, 0.717) is 24.9 Å². The van der Waals surface area contributed by atoms with Gasteiger partial charge in [-0.2, -0.15) is 0 Å².